The van der Waals surface area contributed by atoms with Gasteiger partial charge >= 0.3 is 16.2 Å². The van der Waals surface area contributed by atoms with E-state index in [4.69, 9.17) is 4.55 Å². The van der Waals surface area contributed by atoms with E-state index in [9.17, 15) is 18.5 Å². The van der Waals surface area contributed by atoms with Gasteiger partial charge in [0.05, 0.1) is 0 Å². The summed E-state index contributed by atoms with van der Waals surface area (Å²) in [5, 5.41) is 10.5. The first-order chi connectivity index (χ1) is 7.31. The van der Waals surface area contributed by atoms with E-state index in [0.29, 0.717) is 5.82 Å². The monoisotopic (exact) mass is 251 g/mol. The van der Waals surface area contributed by atoms with E-state index in [1.54, 1.807) is 0 Å². The summed E-state index contributed by atoms with van der Waals surface area (Å²) in [6, 6.07) is 0. The summed E-state index contributed by atoms with van der Waals surface area (Å²) in [6.07, 6.45) is 1.06. The summed E-state index contributed by atoms with van der Waals surface area (Å²) >= 11 is 0. The van der Waals surface area contributed by atoms with Crippen LogP contribution < -0.4 is 0 Å². The fourth-order valence-electron chi connectivity index (χ4n) is 1.11. The molecule has 0 atom stereocenters. The molecule has 1 heterocycles. The van der Waals surface area contributed by atoms with Crippen LogP contribution in [0.1, 0.15) is 5.82 Å². The Morgan fingerprint density at radius 2 is 2.31 bits per heavy atom. The number of nitro groups is 1. The van der Waals surface area contributed by atoms with E-state index in [-0.39, 0.29) is 12.4 Å². The first-order valence-corrected chi connectivity index (χ1v) is 5.46. The van der Waals surface area contributed by atoms with Crippen LogP contribution in [0.3, 0.4) is 0 Å². The third-order valence-electron chi connectivity index (χ3n) is 1.77. The lowest BCUT2D eigenvalue weighted by Gasteiger charge is -2.02. The molecule has 0 unspecified atom stereocenters. The quantitative estimate of drug-likeness (QED) is 0.440. The van der Waals surface area contributed by atoms with Gasteiger partial charge in [-0.3, -0.25) is 4.55 Å². The van der Waals surface area contributed by atoms with Crippen LogP contribution in [0.25, 0.3) is 0 Å². The number of rotatable bonds is 5. The predicted molar refractivity (Wildman–Crippen MR) is 51.1 cm³/mol. The summed E-state index contributed by atoms with van der Waals surface area (Å²) in [5.74, 6) is 0.0853. The molecule has 0 amide bonds. The van der Waals surface area contributed by atoms with Crippen molar-refractivity contribution in [2.75, 3.05) is 6.61 Å². The molecule has 10 heteroatoms. The number of imidazole rings is 1. The van der Waals surface area contributed by atoms with Gasteiger partial charge in [-0.15, -0.1) is 0 Å². The van der Waals surface area contributed by atoms with Crippen molar-refractivity contribution in [3.8, 4) is 0 Å². The molecule has 0 radical (unpaired) electrons. The Bertz CT molecular complexity index is 492. The van der Waals surface area contributed by atoms with Crippen LogP contribution in [0, 0.1) is 17.0 Å². The van der Waals surface area contributed by atoms with Crippen molar-refractivity contribution in [3.63, 3.8) is 0 Å². The molecule has 1 N–H and O–H groups in total. The van der Waals surface area contributed by atoms with Crippen LogP contribution in [0.2, 0.25) is 0 Å². The fraction of sp³-hybridized carbons (Fsp3) is 0.500. The molecule has 1 aromatic rings. The Hall–Kier alpha value is -1.52. The molecule has 0 bridgehead atoms. The molecule has 0 aliphatic rings. The normalized spacial score (nSPS) is 11.6. The van der Waals surface area contributed by atoms with E-state index >= 15 is 0 Å². The number of hydrogen-bond acceptors (Lipinski definition) is 6. The average molecular weight is 251 g/mol. The van der Waals surface area contributed by atoms with Gasteiger partial charge < -0.3 is 10.1 Å². The van der Waals surface area contributed by atoms with Crippen molar-refractivity contribution < 1.29 is 22.1 Å². The van der Waals surface area contributed by atoms with E-state index in [2.05, 4.69) is 9.17 Å². The summed E-state index contributed by atoms with van der Waals surface area (Å²) in [4.78, 5) is 13.6. The average Bonchev–Trinajstić information content (AvgIpc) is 2.46. The molecule has 1 rings (SSSR count). The third kappa shape index (κ3) is 3.25. The minimum Gasteiger partial charge on any atom is -0.358 e. The highest BCUT2D eigenvalue weighted by Gasteiger charge is 2.17. The maximum absolute atomic E-state index is 10.5. The number of aryl methyl sites for hydroxylation is 1. The smallest absolute Gasteiger partial charge is 0.358 e. The Kier molecular flexibility index (Phi) is 3.57. The second kappa shape index (κ2) is 4.55. The Morgan fingerprint density at radius 1 is 1.69 bits per heavy atom. The molecule has 0 fully saturated rings. The van der Waals surface area contributed by atoms with Gasteiger partial charge in [-0.2, -0.15) is 8.42 Å². The van der Waals surface area contributed by atoms with Crippen molar-refractivity contribution in [2.45, 2.75) is 13.5 Å². The lowest BCUT2D eigenvalue weighted by atomic mass is 10.6. The van der Waals surface area contributed by atoms with Crippen molar-refractivity contribution in [3.05, 3.63) is 22.1 Å². The molecule has 0 aromatic carbocycles. The Labute approximate surface area is 90.8 Å². The van der Waals surface area contributed by atoms with Gasteiger partial charge in [-0.1, -0.05) is 0 Å². The van der Waals surface area contributed by atoms with Crippen LogP contribution >= 0.6 is 0 Å². The third-order valence-corrected chi connectivity index (χ3v) is 2.23. The molecule has 0 aliphatic heterocycles. The standard InChI is InChI=1S/C6H9N3O6S/c1-5-7-4-6(9(10)11)8(5)2-3-15-16(12,13)14/h4H,2-3H2,1H3,(H,12,13,14). The van der Waals surface area contributed by atoms with Crippen molar-refractivity contribution in [1.29, 1.82) is 0 Å². The molecule has 9 nitrogen and oxygen atoms in total. The molecule has 1 aromatic heterocycles. The largest absolute Gasteiger partial charge is 0.397 e. The number of nitrogens with zero attached hydrogens (tertiary/aromatic N) is 3. The summed E-state index contributed by atoms with van der Waals surface area (Å²) in [6.45, 7) is 1.03. The minimum absolute atomic E-state index is 0.0953. The lowest BCUT2D eigenvalue weighted by molar-refractivity contribution is -0.392. The topological polar surface area (TPSA) is 125 Å². The predicted octanol–water partition coefficient (Wildman–Crippen LogP) is -0.0809. The molecular weight excluding hydrogens is 242 g/mol. The molecule has 0 spiro atoms. The zero-order valence-electron chi connectivity index (χ0n) is 8.23. The van der Waals surface area contributed by atoms with Gasteiger partial charge in [0, 0.05) is 6.92 Å². The maximum Gasteiger partial charge on any atom is 0.397 e. The second-order valence-corrected chi connectivity index (χ2v) is 3.91. The first kappa shape index (κ1) is 12.5. The van der Waals surface area contributed by atoms with Crippen molar-refractivity contribution in [2.24, 2.45) is 0 Å². The van der Waals surface area contributed by atoms with Crippen LogP contribution in [-0.4, -0.2) is 34.1 Å². The summed E-state index contributed by atoms with van der Waals surface area (Å²) in [5.41, 5.74) is 0. The number of aromatic nitrogens is 2. The van der Waals surface area contributed by atoms with Gasteiger partial charge in [-0.25, -0.2) is 13.7 Å². The molecule has 0 saturated heterocycles. The van der Waals surface area contributed by atoms with Gasteiger partial charge in [0.15, 0.2) is 5.82 Å². The van der Waals surface area contributed by atoms with E-state index < -0.39 is 21.9 Å². The minimum atomic E-state index is -4.53. The van der Waals surface area contributed by atoms with Crippen molar-refractivity contribution >= 4 is 16.2 Å². The van der Waals surface area contributed by atoms with Crippen LogP contribution in [0.4, 0.5) is 5.82 Å². The highest BCUT2D eigenvalue weighted by molar-refractivity contribution is 7.80. The van der Waals surface area contributed by atoms with E-state index in [1.807, 2.05) is 0 Å². The highest BCUT2D eigenvalue weighted by atomic mass is 32.3. The zero-order valence-corrected chi connectivity index (χ0v) is 9.05. The van der Waals surface area contributed by atoms with Crippen LogP contribution in [0.5, 0.6) is 0 Å². The second-order valence-electron chi connectivity index (χ2n) is 2.82. The van der Waals surface area contributed by atoms with Crippen LogP contribution in [-0.2, 0) is 21.1 Å². The Morgan fingerprint density at radius 3 is 2.81 bits per heavy atom. The summed E-state index contributed by atoms with van der Waals surface area (Å²) < 4.78 is 34.0. The highest BCUT2D eigenvalue weighted by Crippen LogP contribution is 2.13. The van der Waals surface area contributed by atoms with Gasteiger partial charge in [-0.05, 0) is 4.92 Å². The maximum atomic E-state index is 10.5. The van der Waals surface area contributed by atoms with E-state index in [0.717, 1.165) is 6.20 Å². The molecule has 16 heavy (non-hydrogen) atoms. The molecule has 0 saturated carbocycles. The fourth-order valence-corrected chi connectivity index (χ4v) is 1.40. The zero-order chi connectivity index (χ0) is 12.3. The molecular formula is C6H9N3O6S. The Balaban J connectivity index is 2.73. The SMILES string of the molecule is Cc1ncc([N+](=O)[O-])n1CCOS(=O)(=O)O. The summed E-state index contributed by atoms with van der Waals surface area (Å²) in [7, 11) is -4.53. The number of hydrogen-bond donors (Lipinski definition) is 1. The van der Waals surface area contributed by atoms with Gasteiger partial charge in [0.2, 0.25) is 0 Å². The van der Waals surface area contributed by atoms with Crippen molar-refractivity contribution in [1.82, 2.24) is 9.55 Å². The van der Waals surface area contributed by atoms with E-state index in [1.165, 1.54) is 11.5 Å². The molecule has 90 valence electrons. The van der Waals surface area contributed by atoms with Gasteiger partial charge in [0.25, 0.3) is 0 Å². The van der Waals surface area contributed by atoms with Gasteiger partial charge in [0.1, 0.15) is 19.3 Å². The van der Waals surface area contributed by atoms with Crippen LogP contribution in [0.15, 0.2) is 6.20 Å². The lowest BCUT2D eigenvalue weighted by Crippen LogP contribution is -2.13. The molecule has 0 aliphatic carbocycles. The first-order valence-electron chi connectivity index (χ1n) is 4.09.